The zero-order valence-electron chi connectivity index (χ0n) is 13.3. The van der Waals surface area contributed by atoms with Crippen molar-refractivity contribution in [3.05, 3.63) is 47.1 Å². The first-order valence-corrected chi connectivity index (χ1v) is 12.6. The van der Waals surface area contributed by atoms with Crippen LogP contribution in [0.2, 0.25) is 13.1 Å². The van der Waals surface area contributed by atoms with Crippen molar-refractivity contribution in [3.63, 3.8) is 0 Å². The minimum absolute atomic E-state index is 0. The predicted octanol–water partition coefficient (Wildman–Crippen LogP) is -1.18. The van der Waals surface area contributed by atoms with Crippen molar-refractivity contribution in [1.29, 1.82) is 0 Å². The van der Waals surface area contributed by atoms with Crippen molar-refractivity contribution < 1.29 is 48.1 Å². The van der Waals surface area contributed by atoms with Crippen LogP contribution >= 0.6 is 0 Å². The summed E-state index contributed by atoms with van der Waals surface area (Å²) in [6.07, 6.45) is 13.9. The standard InChI is InChI=1S/C8H11.C6H7.C2H6Si.2ClH.Zr/c1-6-4-7(2)8(3)5-6;1-6-4-2-3-5-6;1-3-2;;;/h4,6H,1-3H3;2,4H,3H2,1H3;1-2H3;2*1H;/q2*-1;;;;+2/p-2. The molecule has 112 valence electrons. The maximum atomic E-state index is 3.29. The number of hydrogen-bond acceptors (Lipinski definition) is 0. The van der Waals surface area contributed by atoms with E-state index in [2.05, 4.69) is 71.2 Å². The van der Waals surface area contributed by atoms with Crippen molar-refractivity contribution in [1.82, 2.24) is 0 Å². The number of rotatable bonds is 0. The maximum Gasteiger partial charge on any atom is -1.00 e. The quantitative estimate of drug-likeness (QED) is 0.351. The minimum Gasteiger partial charge on any atom is -1.00 e. The molecular formula is C16H24Cl2SiZr-2. The number of halogens is 2. The van der Waals surface area contributed by atoms with E-state index in [1.807, 2.05) is 0 Å². The number of allylic oxidation sites excluding steroid dienone is 8. The Kier molecular flexibility index (Phi) is 18.6. The van der Waals surface area contributed by atoms with Crippen LogP contribution in [-0.4, -0.2) is 5.43 Å². The largest absolute Gasteiger partial charge is 1.00 e. The van der Waals surface area contributed by atoms with E-state index in [4.69, 9.17) is 0 Å². The van der Waals surface area contributed by atoms with Gasteiger partial charge in [-0.1, -0.05) is 26.7 Å². The van der Waals surface area contributed by atoms with Crippen molar-refractivity contribution in [3.8, 4) is 0 Å². The van der Waals surface area contributed by atoms with Crippen molar-refractivity contribution in [2.45, 2.75) is 47.2 Å². The molecule has 2 aliphatic rings. The van der Waals surface area contributed by atoms with Crippen LogP contribution in [-0.2, 0) is 23.3 Å². The summed E-state index contributed by atoms with van der Waals surface area (Å²) in [6.45, 7) is 13.1. The third-order valence-electron chi connectivity index (χ3n) is 2.40. The molecule has 0 saturated carbocycles. The van der Waals surface area contributed by atoms with E-state index in [0.29, 0.717) is 5.92 Å². The molecule has 0 aliphatic heterocycles. The molecule has 0 bridgehead atoms. The van der Waals surface area contributed by atoms with Gasteiger partial charge in [0.1, 0.15) is 0 Å². The molecule has 1 unspecified atom stereocenters. The molecule has 1 atom stereocenters. The molecule has 0 heterocycles. The predicted molar refractivity (Wildman–Crippen MR) is 79.0 cm³/mol. The van der Waals surface area contributed by atoms with Crippen LogP contribution in [0.4, 0.5) is 0 Å². The van der Waals surface area contributed by atoms with Crippen LogP contribution < -0.4 is 24.8 Å². The second-order valence-corrected chi connectivity index (χ2v) is 14.2. The van der Waals surface area contributed by atoms with Gasteiger partial charge in [0.25, 0.3) is 0 Å². The van der Waals surface area contributed by atoms with Crippen molar-refractivity contribution >= 4 is 5.43 Å². The Morgan fingerprint density at radius 3 is 1.80 bits per heavy atom. The van der Waals surface area contributed by atoms with E-state index in [0.717, 1.165) is 6.42 Å². The molecule has 2 aliphatic carbocycles. The molecule has 0 nitrogen and oxygen atoms in total. The van der Waals surface area contributed by atoms with Crippen molar-refractivity contribution in [2.75, 3.05) is 0 Å². The van der Waals surface area contributed by atoms with Gasteiger partial charge in [0.05, 0.1) is 0 Å². The smallest absolute Gasteiger partial charge is 1.00 e. The summed E-state index contributed by atoms with van der Waals surface area (Å²) < 4.78 is 0. The summed E-state index contributed by atoms with van der Waals surface area (Å²) in [5.74, 6) is 0.551. The van der Waals surface area contributed by atoms with E-state index in [1.165, 1.54) is 16.7 Å². The van der Waals surface area contributed by atoms with Crippen LogP contribution in [0.1, 0.15) is 34.1 Å². The summed E-state index contributed by atoms with van der Waals surface area (Å²) in [6, 6.07) is 0. The van der Waals surface area contributed by atoms with E-state index < -0.39 is 0 Å². The molecule has 4 heteroatoms. The van der Waals surface area contributed by atoms with Crippen LogP contribution in [0, 0.1) is 18.1 Å². The SMILES string of the molecule is CC1=[C-]C(C)C=C1C.CC1=[C-]CC=C1.C[Si](C)=[Zr+2].[Cl-].[Cl-]. The summed E-state index contributed by atoms with van der Waals surface area (Å²) >= 11 is 1.74. The van der Waals surface area contributed by atoms with Gasteiger partial charge in [-0.05, 0) is 0 Å². The maximum absolute atomic E-state index is 3.29. The Morgan fingerprint density at radius 2 is 1.70 bits per heavy atom. The molecule has 0 N–H and O–H groups in total. The minimum atomic E-state index is 0. The van der Waals surface area contributed by atoms with Gasteiger partial charge in [0.2, 0.25) is 0 Å². The van der Waals surface area contributed by atoms with Crippen LogP contribution in [0.25, 0.3) is 0 Å². The molecule has 2 rings (SSSR count). The fourth-order valence-electron chi connectivity index (χ4n) is 1.51. The first-order valence-electron chi connectivity index (χ1n) is 6.37. The van der Waals surface area contributed by atoms with E-state index in [9.17, 15) is 0 Å². The molecule has 0 spiro atoms. The molecule has 0 fully saturated rings. The van der Waals surface area contributed by atoms with Crippen LogP contribution in [0.15, 0.2) is 34.9 Å². The van der Waals surface area contributed by atoms with E-state index >= 15 is 0 Å². The Balaban J connectivity index is -0.000000218. The van der Waals surface area contributed by atoms with Crippen LogP contribution in [0.3, 0.4) is 0 Å². The van der Waals surface area contributed by atoms with Crippen molar-refractivity contribution in [2.24, 2.45) is 5.92 Å². The summed E-state index contributed by atoms with van der Waals surface area (Å²) in [5, 5.41) is 0. The zero-order valence-corrected chi connectivity index (χ0v) is 18.2. The molecule has 0 aromatic heterocycles. The van der Waals surface area contributed by atoms with Gasteiger partial charge >= 0.3 is 41.9 Å². The van der Waals surface area contributed by atoms with Gasteiger partial charge in [0, 0.05) is 0 Å². The van der Waals surface area contributed by atoms with E-state index in [1.54, 1.807) is 23.3 Å². The normalized spacial score (nSPS) is 18.0. The summed E-state index contributed by atoms with van der Waals surface area (Å²) in [5.41, 5.74) is 4.19. The van der Waals surface area contributed by atoms with Gasteiger partial charge in [-0.25, -0.2) is 22.8 Å². The Labute approximate surface area is 153 Å². The molecule has 0 radical (unpaired) electrons. The van der Waals surface area contributed by atoms with Crippen LogP contribution in [0.5, 0.6) is 0 Å². The third kappa shape index (κ3) is 15.0. The average molecular weight is 407 g/mol. The van der Waals surface area contributed by atoms with Gasteiger partial charge < -0.3 is 24.8 Å². The number of hydrogen-bond donors (Lipinski definition) is 0. The monoisotopic (exact) mass is 404 g/mol. The zero-order chi connectivity index (χ0) is 14.1. The average Bonchev–Trinajstić information content (AvgIpc) is 2.78. The van der Waals surface area contributed by atoms with Gasteiger partial charge in [-0.15, -0.1) is 13.3 Å². The molecular weight excluding hydrogens is 382 g/mol. The first kappa shape index (κ1) is 25.6. The molecule has 0 aromatic rings. The Morgan fingerprint density at radius 1 is 1.20 bits per heavy atom. The second kappa shape index (κ2) is 14.6. The summed E-state index contributed by atoms with van der Waals surface area (Å²) in [7, 11) is 0. The first-order chi connectivity index (χ1) is 8.32. The van der Waals surface area contributed by atoms with Gasteiger partial charge in [-0.2, -0.15) is 12.2 Å². The Bertz CT molecular complexity index is 382. The third-order valence-corrected chi connectivity index (χ3v) is 2.40. The summed E-state index contributed by atoms with van der Waals surface area (Å²) in [4.78, 5) is 0. The van der Waals surface area contributed by atoms with Gasteiger partial charge in [0.15, 0.2) is 0 Å². The second-order valence-electron chi connectivity index (χ2n) is 4.87. The molecule has 0 saturated heterocycles. The molecule has 0 aromatic carbocycles. The fraction of sp³-hybridized carbons (Fsp3) is 0.500. The van der Waals surface area contributed by atoms with Gasteiger partial charge in [-0.3, -0.25) is 12.2 Å². The van der Waals surface area contributed by atoms with E-state index in [-0.39, 0.29) is 30.2 Å². The fourth-order valence-corrected chi connectivity index (χ4v) is 1.51. The molecule has 0 amide bonds. The molecule has 20 heavy (non-hydrogen) atoms. The topological polar surface area (TPSA) is 0 Å². The Hall–Kier alpha value is 0.640.